The lowest BCUT2D eigenvalue weighted by Crippen LogP contribution is -2.13. The summed E-state index contributed by atoms with van der Waals surface area (Å²) in [4.78, 5) is 18.7. The zero-order chi connectivity index (χ0) is 19.2. The molecule has 2 aromatic carbocycles. The Labute approximate surface area is 160 Å². The van der Waals surface area contributed by atoms with Crippen LogP contribution in [0.4, 0.5) is 17.2 Å². The van der Waals surface area contributed by atoms with Crippen LogP contribution < -0.4 is 15.5 Å². The molecule has 2 N–H and O–H groups in total. The molecule has 138 valence electrons. The number of amides is 1. The van der Waals surface area contributed by atoms with E-state index in [1.807, 2.05) is 49.3 Å². The van der Waals surface area contributed by atoms with Crippen molar-refractivity contribution in [3.05, 3.63) is 83.6 Å². The highest BCUT2D eigenvalue weighted by atomic mass is 16.1. The van der Waals surface area contributed by atoms with E-state index in [1.54, 1.807) is 12.3 Å². The van der Waals surface area contributed by atoms with Gasteiger partial charge in [0, 0.05) is 38.2 Å². The van der Waals surface area contributed by atoms with Gasteiger partial charge >= 0.3 is 0 Å². The fraction of sp³-hybridized carbons (Fsp3) is 0.182. The van der Waals surface area contributed by atoms with E-state index in [2.05, 4.69) is 46.8 Å². The summed E-state index contributed by atoms with van der Waals surface area (Å²) in [5, 5.41) is 6.15. The van der Waals surface area contributed by atoms with Crippen LogP contribution >= 0.6 is 0 Å². The van der Waals surface area contributed by atoms with E-state index in [1.165, 1.54) is 11.1 Å². The molecular weight excluding hydrogens is 336 g/mol. The van der Waals surface area contributed by atoms with Gasteiger partial charge in [0.15, 0.2) is 0 Å². The SMILES string of the molecule is Cc1ccc(CNc2ccc(C(=O)Nc3ccc(N(C)C)cc3)cn2)cc1. The third kappa shape index (κ3) is 5.07. The van der Waals surface area contributed by atoms with Crippen LogP contribution in [0.3, 0.4) is 0 Å². The highest BCUT2D eigenvalue weighted by molar-refractivity contribution is 6.04. The molecular formula is C22H24N4O. The first-order valence-electron chi connectivity index (χ1n) is 8.85. The molecule has 0 fully saturated rings. The molecule has 0 aliphatic rings. The van der Waals surface area contributed by atoms with Crippen LogP contribution in [-0.4, -0.2) is 25.0 Å². The van der Waals surface area contributed by atoms with Crippen molar-refractivity contribution >= 4 is 23.1 Å². The van der Waals surface area contributed by atoms with E-state index in [0.717, 1.165) is 17.2 Å². The second-order valence-corrected chi connectivity index (χ2v) is 6.67. The van der Waals surface area contributed by atoms with Gasteiger partial charge in [-0.15, -0.1) is 0 Å². The number of pyridine rings is 1. The van der Waals surface area contributed by atoms with Crippen molar-refractivity contribution < 1.29 is 4.79 Å². The molecule has 0 saturated heterocycles. The molecule has 1 aromatic heterocycles. The Morgan fingerprint density at radius 2 is 1.67 bits per heavy atom. The number of hydrogen-bond acceptors (Lipinski definition) is 4. The molecule has 27 heavy (non-hydrogen) atoms. The Bertz CT molecular complexity index is 885. The monoisotopic (exact) mass is 360 g/mol. The number of aryl methyl sites for hydroxylation is 1. The van der Waals surface area contributed by atoms with Crippen LogP contribution in [-0.2, 0) is 6.54 Å². The zero-order valence-electron chi connectivity index (χ0n) is 15.9. The van der Waals surface area contributed by atoms with Gasteiger partial charge < -0.3 is 15.5 Å². The van der Waals surface area contributed by atoms with Crippen LogP contribution in [0, 0.1) is 6.92 Å². The molecule has 5 nitrogen and oxygen atoms in total. The maximum atomic E-state index is 12.4. The minimum atomic E-state index is -0.176. The molecule has 1 amide bonds. The lowest BCUT2D eigenvalue weighted by molar-refractivity contribution is 0.102. The molecule has 3 aromatic rings. The Balaban J connectivity index is 1.57. The standard InChI is InChI=1S/C22H24N4O/c1-16-4-6-17(7-5-16)14-23-21-13-8-18(15-24-21)22(27)25-19-9-11-20(12-10-19)26(2)3/h4-13,15H,14H2,1-3H3,(H,23,24)(H,25,27). The normalized spacial score (nSPS) is 10.3. The predicted octanol–water partition coefficient (Wildman–Crippen LogP) is 4.32. The summed E-state index contributed by atoms with van der Waals surface area (Å²) >= 11 is 0. The summed E-state index contributed by atoms with van der Waals surface area (Å²) in [5.74, 6) is 0.563. The fourth-order valence-corrected chi connectivity index (χ4v) is 2.58. The number of carbonyl (C=O) groups excluding carboxylic acids is 1. The molecule has 0 saturated carbocycles. The molecule has 0 radical (unpaired) electrons. The number of nitrogens with one attached hydrogen (secondary N) is 2. The highest BCUT2D eigenvalue weighted by Crippen LogP contribution is 2.17. The van der Waals surface area contributed by atoms with Crippen molar-refractivity contribution in [3.8, 4) is 0 Å². The summed E-state index contributed by atoms with van der Waals surface area (Å²) in [6, 6.07) is 19.6. The Morgan fingerprint density at radius 1 is 0.963 bits per heavy atom. The van der Waals surface area contributed by atoms with Gasteiger partial charge in [-0.05, 0) is 48.9 Å². The van der Waals surface area contributed by atoms with E-state index in [4.69, 9.17) is 0 Å². The van der Waals surface area contributed by atoms with Crippen LogP contribution in [0.1, 0.15) is 21.5 Å². The number of aromatic nitrogens is 1. The lowest BCUT2D eigenvalue weighted by Gasteiger charge is -2.13. The minimum absolute atomic E-state index is 0.176. The van der Waals surface area contributed by atoms with E-state index in [0.29, 0.717) is 12.1 Å². The second-order valence-electron chi connectivity index (χ2n) is 6.67. The minimum Gasteiger partial charge on any atom is -0.378 e. The highest BCUT2D eigenvalue weighted by Gasteiger charge is 2.07. The summed E-state index contributed by atoms with van der Waals surface area (Å²) < 4.78 is 0. The topological polar surface area (TPSA) is 57.3 Å². The molecule has 0 aliphatic carbocycles. The summed E-state index contributed by atoms with van der Waals surface area (Å²) in [6.07, 6.45) is 1.58. The van der Waals surface area contributed by atoms with Gasteiger partial charge in [0.1, 0.15) is 5.82 Å². The number of rotatable bonds is 6. The first-order valence-corrected chi connectivity index (χ1v) is 8.85. The Hall–Kier alpha value is -3.34. The molecule has 0 atom stereocenters. The average molecular weight is 360 g/mol. The van der Waals surface area contributed by atoms with Crippen LogP contribution in [0.2, 0.25) is 0 Å². The number of hydrogen-bond donors (Lipinski definition) is 2. The van der Waals surface area contributed by atoms with E-state index < -0.39 is 0 Å². The third-order valence-electron chi connectivity index (χ3n) is 4.26. The number of anilines is 3. The van der Waals surface area contributed by atoms with E-state index >= 15 is 0 Å². The lowest BCUT2D eigenvalue weighted by atomic mass is 10.1. The number of benzene rings is 2. The van der Waals surface area contributed by atoms with E-state index in [9.17, 15) is 4.79 Å². The summed E-state index contributed by atoms with van der Waals surface area (Å²) in [7, 11) is 3.96. The van der Waals surface area contributed by atoms with Gasteiger partial charge in [-0.2, -0.15) is 0 Å². The maximum absolute atomic E-state index is 12.4. The summed E-state index contributed by atoms with van der Waals surface area (Å²) in [6.45, 7) is 2.76. The maximum Gasteiger partial charge on any atom is 0.257 e. The first kappa shape index (κ1) is 18.5. The third-order valence-corrected chi connectivity index (χ3v) is 4.26. The molecule has 3 rings (SSSR count). The largest absolute Gasteiger partial charge is 0.378 e. The van der Waals surface area contributed by atoms with Gasteiger partial charge in [-0.1, -0.05) is 29.8 Å². The average Bonchev–Trinajstić information content (AvgIpc) is 2.68. The zero-order valence-corrected chi connectivity index (χ0v) is 15.9. The van der Waals surface area contributed by atoms with Crippen LogP contribution in [0.15, 0.2) is 66.9 Å². The van der Waals surface area contributed by atoms with Crippen molar-refractivity contribution in [2.75, 3.05) is 29.6 Å². The molecule has 1 heterocycles. The van der Waals surface area contributed by atoms with Gasteiger partial charge in [-0.3, -0.25) is 4.79 Å². The molecule has 0 aliphatic heterocycles. The van der Waals surface area contributed by atoms with Crippen molar-refractivity contribution in [2.45, 2.75) is 13.5 Å². The van der Waals surface area contributed by atoms with Crippen molar-refractivity contribution in [1.82, 2.24) is 4.98 Å². The Kier molecular flexibility index (Phi) is 5.71. The van der Waals surface area contributed by atoms with Crippen molar-refractivity contribution in [3.63, 3.8) is 0 Å². The van der Waals surface area contributed by atoms with Gasteiger partial charge in [0.2, 0.25) is 0 Å². The molecule has 0 bridgehead atoms. The number of carbonyl (C=O) groups is 1. The molecule has 0 spiro atoms. The number of nitrogens with zero attached hydrogens (tertiary/aromatic N) is 2. The van der Waals surface area contributed by atoms with Crippen LogP contribution in [0.5, 0.6) is 0 Å². The predicted molar refractivity (Wildman–Crippen MR) is 111 cm³/mol. The smallest absolute Gasteiger partial charge is 0.257 e. The fourth-order valence-electron chi connectivity index (χ4n) is 2.58. The molecule has 5 heteroatoms. The van der Waals surface area contributed by atoms with Crippen molar-refractivity contribution in [1.29, 1.82) is 0 Å². The van der Waals surface area contributed by atoms with Crippen molar-refractivity contribution in [2.24, 2.45) is 0 Å². The van der Waals surface area contributed by atoms with Gasteiger partial charge in [0.05, 0.1) is 5.56 Å². The second kappa shape index (κ2) is 8.36. The van der Waals surface area contributed by atoms with Crippen LogP contribution in [0.25, 0.3) is 0 Å². The Morgan fingerprint density at radius 3 is 2.26 bits per heavy atom. The summed E-state index contributed by atoms with van der Waals surface area (Å²) in [5.41, 5.74) is 4.78. The van der Waals surface area contributed by atoms with E-state index in [-0.39, 0.29) is 5.91 Å². The first-order chi connectivity index (χ1) is 13.0. The molecule has 0 unspecified atom stereocenters. The quantitative estimate of drug-likeness (QED) is 0.687. The van der Waals surface area contributed by atoms with Gasteiger partial charge in [0.25, 0.3) is 5.91 Å². The van der Waals surface area contributed by atoms with Gasteiger partial charge in [-0.25, -0.2) is 4.98 Å².